The summed E-state index contributed by atoms with van der Waals surface area (Å²) in [4.78, 5) is 11.4. The van der Waals surface area contributed by atoms with E-state index in [0.29, 0.717) is 13.0 Å². The van der Waals surface area contributed by atoms with Gasteiger partial charge in [-0.05, 0) is 18.8 Å². The summed E-state index contributed by atoms with van der Waals surface area (Å²) >= 11 is 0. The molecule has 2 nitrogen and oxygen atoms in total. The first-order chi connectivity index (χ1) is 6.79. The van der Waals surface area contributed by atoms with Crippen molar-refractivity contribution < 1.29 is 9.53 Å². The van der Waals surface area contributed by atoms with Crippen LogP contribution in [0.5, 0.6) is 0 Å². The van der Waals surface area contributed by atoms with E-state index in [0.717, 1.165) is 35.5 Å². The number of rotatable bonds is 3. The van der Waals surface area contributed by atoms with Crippen molar-refractivity contribution in [2.24, 2.45) is 11.8 Å². The molecule has 3 saturated heterocycles. The lowest BCUT2D eigenvalue weighted by Crippen LogP contribution is -2.30. The molecule has 2 aliphatic carbocycles. The molecule has 74 valence electrons. The van der Waals surface area contributed by atoms with Crippen LogP contribution in [-0.4, -0.2) is 19.3 Å². The van der Waals surface area contributed by atoms with E-state index < -0.39 is 0 Å². The van der Waals surface area contributed by atoms with Gasteiger partial charge in [-0.1, -0.05) is 29.8 Å². The first kappa shape index (κ1) is 7.78. The third-order valence-electron chi connectivity index (χ3n) is 5.58. The minimum Gasteiger partial charge on any atom is -0.466 e. The van der Waals surface area contributed by atoms with Crippen LogP contribution in [0.3, 0.4) is 0 Å². The third-order valence-corrected chi connectivity index (χ3v) is 5.58. The standard InChI is InChI=1S/C11H15BO2/c1-2-14-9(13)4-7-8-3-6-5-11(8)10(7)12(6)11/h6-8,10H,2-5H2,1H3/t6?,7?,8-,10?,11+/m0/s1. The summed E-state index contributed by atoms with van der Waals surface area (Å²) in [7, 11) is 0. The zero-order valence-electron chi connectivity index (χ0n) is 8.53. The zero-order chi connectivity index (χ0) is 9.50. The molecule has 0 radical (unpaired) electrons. The van der Waals surface area contributed by atoms with E-state index >= 15 is 0 Å². The van der Waals surface area contributed by atoms with Gasteiger partial charge in [0.05, 0.1) is 6.61 Å². The average Bonchev–Trinajstić information content (AvgIpc) is 2.44. The Balaban J connectivity index is 1.44. The molecule has 0 aromatic carbocycles. The molecule has 3 aliphatic heterocycles. The van der Waals surface area contributed by atoms with Gasteiger partial charge in [0.15, 0.2) is 6.71 Å². The number of hydrogen-bond donors (Lipinski definition) is 0. The highest BCUT2D eigenvalue weighted by atomic mass is 16.5. The Morgan fingerprint density at radius 3 is 3.00 bits per heavy atom. The van der Waals surface area contributed by atoms with Crippen LogP contribution in [-0.2, 0) is 9.53 Å². The molecular formula is C11H15BO2. The van der Waals surface area contributed by atoms with Crippen LogP contribution < -0.4 is 0 Å². The van der Waals surface area contributed by atoms with E-state index in [1.54, 1.807) is 0 Å². The zero-order valence-corrected chi connectivity index (χ0v) is 8.53. The van der Waals surface area contributed by atoms with Crippen LogP contribution in [0.15, 0.2) is 0 Å². The highest BCUT2D eigenvalue weighted by Gasteiger charge is 2.93. The average molecular weight is 190 g/mol. The highest BCUT2D eigenvalue weighted by Crippen LogP contribution is 3.01. The maximum absolute atomic E-state index is 11.4. The second kappa shape index (κ2) is 2.05. The maximum atomic E-state index is 11.4. The second-order valence-corrected chi connectivity index (χ2v) is 5.64. The molecule has 0 aromatic heterocycles. The van der Waals surface area contributed by atoms with E-state index in [9.17, 15) is 4.79 Å². The number of hydrogen-bond acceptors (Lipinski definition) is 2. The fraction of sp³-hybridized carbons (Fsp3) is 0.909. The predicted molar refractivity (Wildman–Crippen MR) is 53.4 cm³/mol. The van der Waals surface area contributed by atoms with Gasteiger partial charge in [0.25, 0.3) is 0 Å². The Hall–Kier alpha value is -0.465. The van der Waals surface area contributed by atoms with Crippen molar-refractivity contribution in [3.8, 4) is 0 Å². The fourth-order valence-corrected chi connectivity index (χ4v) is 5.42. The van der Waals surface area contributed by atoms with Gasteiger partial charge in [-0.25, -0.2) is 0 Å². The molecule has 5 aliphatic rings. The molecule has 0 N–H and O–H groups in total. The Kier molecular flexibility index (Phi) is 1.14. The Morgan fingerprint density at radius 2 is 2.50 bits per heavy atom. The quantitative estimate of drug-likeness (QED) is 0.502. The molecule has 14 heavy (non-hydrogen) atoms. The van der Waals surface area contributed by atoms with Crippen LogP contribution in [0.25, 0.3) is 0 Å². The molecule has 3 unspecified atom stereocenters. The van der Waals surface area contributed by atoms with Crippen LogP contribution in [0, 0.1) is 11.8 Å². The molecule has 5 rings (SSSR count). The van der Waals surface area contributed by atoms with Crippen molar-refractivity contribution in [1.29, 1.82) is 0 Å². The number of carbonyl (C=O) groups is 1. The van der Waals surface area contributed by atoms with Gasteiger partial charge in [-0.3, -0.25) is 4.79 Å². The monoisotopic (exact) mass is 190 g/mol. The number of esters is 1. The van der Waals surface area contributed by atoms with Crippen molar-refractivity contribution in [3.63, 3.8) is 0 Å². The molecule has 5 atom stereocenters. The van der Waals surface area contributed by atoms with Crippen molar-refractivity contribution >= 4 is 12.7 Å². The van der Waals surface area contributed by atoms with Crippen molar-refractivity contribution in [2.45, 2.75) is 43.1 Å². The van der Waals surface area contributed by atoms with Gasteiger partial charge in [-0.2, -0.15) is 0 Å². The highest BCUT2D eigenvalue weighted by molar-refractivity contribution is 6.84. The van der Waals surface area contributed by atoms with Gasteiger partial charge in [0.1, 0.15) is 0 Å². The summed E-state index contributed by atoms with van der Waals surface area (Å²) in [6.45, 7) is 3.49. The van der Waals surface area contributed by atoms with Gasteiger partial charge in [0, 0.05) is 6.42 Å². The topological polar surface area (TPSA) is 26.3 Å². The molecule has 3 heterocycles. The van der Waals surface area contributed by atoms with Gasteiger partial charge in [0.2, 0.25) is 0 Å². The Morgan fingerprint density at radius 1 is 1.64 bits per heavy atom. The Bertz CT molecular complexity index is 329. The molecule has 2 bridgehead atoms. The minimum atomic E-state index is 0.0436. The van der Waals surface area contributed by atoms with Gasteiger partial charge < -0.3 is 4.74 Å². The van der Waals surface area contributed by atoms with Crippen LogP contribution >= 0.6 is 0 Å². The lowest BCUT2D eigenvalue weighted by atomic mass is 9.44. The summed E-state index contributed by atoms with van der Waals surface area (Å²) < 4.78 is 5.03. The molecule has 0 amide bonds. The van der Waals surface area contributed by atoms with Gasteiger partial charge >= 0.3 is 5.97 Å². The predicted octanol–water partition coefficient (Wildman–Crippen LogP) is 1.98. The maximum Gasteiger partial charge on any atom is 0.306 e. The first-order valence-electron chi connectivity index (χ1n) is 5.94. The second-order valence-electron chi connectivity index (χ2n) is 5.64. The normalized spacial score (nSPS) is 54.5. The fourth-order valence-electron chi connectivity index (χ4n) is 5.42. The van der Waals surface area contributed by atoms with E-state index in [2.05, 4.69) is 0 Å². The summed E-state index contributed by atoms with van der Waals surface area (Å²) in [6, 6.07) is 0. The summed E-state index contributed by atoms with van der Waals surface area (Å²) in [5.74, 6) is 3.71. The van der Waals surface area contributed by atoms with Crippen molar-refractivity contribution in [2.75, 3.05) is 6.61 Å². The lowest BCUT2D eigenvalue weighted by Gasteiger charge is -2.41. The molecule has 1 spiro atoms. The van der Waals surface area contributed by atoms with Gasteiger partial charge in [-0.15, -0.1) is 0 Å². The molecule has 3 heteroatoms. The summed E-state index contributed by atoms with van der Waals surface area (Å²) in [5.41, 5.74) is 0. The third kappa shape index (κ3) is 0.567. The molecule has 0 aromatic rings. The molecule has 2 saturated carbocycles. The molecular weight excluding hydrogens is 175 g/mol. The van der Waals surface area contributed by atoms with Crippen molar-refractivity contribution in [1.82, 2.24) is 0 Å². The van der Waals surface area contributed by atoms with E-state index in [1.165, 1.54) is 12.8 Å². The van der Waals surface area contributed by atoms with Crippen LogP contribution in [0.2, 0.25) is 16.9 Å². The summed E-state index contributed by atoms with van der Waals surface area (Å²) in [6.07, 6.45) is 3.66. The van der Waals surface area contributed by atoms with Crippen molar-refractivity contribution in [3.05, 3.63) is 0 Å². The lowest BCUT2D eigenvalue weighted by molar-refractivity contribution is -0.145. The van der Waals surface area contributed by atoms with Crippen LogP contribution in [0.4, 0.5) is 0 Å². The SMILES string of the molecule is CCOC(=O)CC1C2B3C4C[C@@H]1[C@@]32C4. The largest absolute Gasteiger partial charge is 0.466 e. The smallest absolute Gasteiger partial charge is 0.306 e. The number of ether oxygens (including phenoxy) is 1. The van der Waals surface area contributed by atoms with E-state index in [-0.39, 0.29) is 5.97 Å². The van der Waals surface area contributed by atoms with E-state index in [4.69, 9.17) is 4.74 Å². The minimum absolute atomic E-state index is 0.0436. The Labute approximate surface area is 84.5 Å². The first-order valence-corrected chi connectivity index (χ1v) is 5.94. The molecule has 5 fully saturated rings. The van der Waals surface area contributed by atoms with Crippen LogP contribution in [0.1, 0.15) is 26.2 Å². The summed E-state index contributed by atoms with van der Waals surface area (Å²) in [5, 5.41) is 0.807. The van der Waals surface area contributed by atoms with E-state index in [1.807, 2.05) is 6.92 Å². The number of carbonyl (C=O) groups excluding carboxylic acids is 1.